The fourth-order valence-electron chi connectivity index (χ4n) is 1.19. The molecule has 0 aliphatic heterocycles. The van der Waals surface area contributed by atoms with Gasteiger partial charge >= 0.3 is 0 Å². The van der Waals surface area contributed by atoms with Crippen molar-refractivity contribution < 1.29 is 8.42 Å². The van der Waals surface area contributed by atoms with E-state index in [1.54, 1.807) is 0 Å². The molecule has 0 saturated carbocycles. The molecule has 8 heteroatoms. The number of hydrogen-bond acceptors (Lipinski definition) is 6. The SMILES string of the molecule is CC(C)C(C)Nc1snc(N)c1S(=O)(=O)N(C)C. The summed E-state index contributed by atoms with van der Waals surface area (Å²) >= 11 is 1.07. The minimum atomic E-state index is -3.57. The summed E-state index contributed by atoms with van der Waals surface area (Å²) in [6.07, 6.45) is 0. The molecule has 1 unspecified atom stereocenters. The Kier molecular flexibility index (Phi) is 4.57. The number of nitrogen functional groups attached to an aromatic ring is 1. The van der Waals surface area contributed by atoms with Crippen LogP contribution in [0.5, 0.6) is 0 Å². The number of nitrogens with two attached hydrogens (primary N) is 1. The van der Waals surface area contributed by atoms with Crippen LogP contribution in [0.25, 0.3) is 0 Å². The molecule has 0 aliphatic rings. The van der Waals surface area contributed by atoms with Crippen LogP contribution in [0, 0.1) is 5.92 Å². The molecule has 1 heterocycles. The Morgan fingerprint density at radius 3 is 2.33 bits per heavy atom. The molecule has 0 aliphatic carbocycles. The lowest BCUT2D eigenvalue weighted by atomic mass is 10.1. The Morgan fingerprint density at radius 1 is 1.33 bits per heavy atom. The number of sulfonamides is 1. The van der Waals surface area contributed by atoms with E-state index in [9.17, 15) is 8.42 Å². The van der Waals surface area contributed by atoms with Crippen molar-refractivity contribution in [3.8, 4) is 0 Å². The lowest BCUT2D eigenvalue weighted by Crippen LogP contribution is -2.26. The highest BCUT2D eigenvalue weighted by Gasteiger charge is 2.28. The predicted molar refractivity (Wildman–Crippen MR) is 75.3 cm³/mol. The molecule has 0 saturated heterocycles. The first-order chi connectivity index (χ1) is 8.17. The number of rotatable bonds is 5. The van der Waals surface area contributed by atoms with Gasteiger partial charge in [0.25, 0.3) is 0 Å². The Morgan fingerprint density at radius 2 is 1.89 bits per heavy atom. The van der Waals surface area contributed by atoms with E-state index in [1.807, 2.05) is 6.92 Å². The molecule has 0 amide bonds. The summed E-state index contributed by atoms with van der Waals surface area (Å²) in [5.74, 6) is 0.426. The van der Waals surface area contributed by atoms with Gasteiger partial charge in [0.2, 0.25) is 10.0 Å². The Hall–Kier alpha value is -0.860. The maximum atomic E-state index is 12.2. The minimum absolute atomic E-state index is 0.0483. The summed E-state index contributed by atoms with van der Waals surface area (Å²) in [5, 5.41) is 3.66. The van der Waals surface area contributed by atoms with E-state index in [4.69, 9.17) is 5.73 Å². The summed E-state index contributed by atoms with van der Waals surface area (Å²) < 4.78 is 29.4. The predicted octanol–water partition coefficient (Wildman–Crippen LogP) is 1.43. The summed E-state index contributed by atoms with van der Waals surface area (Å²) in [6, 6.07) is 0.140. The van der Waals surface area contributed by atoms with E-state index in [-0.39, 0.29) is 16.8 Å². The van der Waals surface area contributed by atoms with Crippen LogP contribution in [0.2, 0.25) is 0 Å². The van der Waals surface area contributed by atoms with Gasteiger partial charge < -0.3 is 11.1 Å². The molecule has 3 N–H and O–H groups in total. The first-order valence-electron chi connectivity index (χ1n) is 5.62. The van der Waals surface area contributed by atoms with Gasteiger partial charge in [-0.15, -0.1) is 0 Å². The normalized spacial score (nSPS) is 14.2. The Labute approximate surface area is 112 Å². The lowest BCUT2D eigenvalue weighted by molar-refractivity contribution is 0.520. The molecule has 0 radical (unpaired) electrons. The highest BCUT2D eigenvalue weighted by atomic mass is 32.2. The van der Waals surface area contributed by atoms with Crippen LogP contribution in [-0.2, 0) is 10.0 Å². The minimum Gasteiger partial charge on any atom is -0.382 e. The molecule has 6 nitrogen and oxygen atoms in total. The molecule has 104 valence electrons. The topological polar surface area (TPSA) is 88.3 Å². The number of hydrogen-bond donors (Lipinski definition) is 2. The van der Waals surface area contributed by atoms with E-state index in [1.165, 1.54) is 14.1 Å². The smallest absolute Gasteiger partial charge is 0.249 e. The second kappa shape index (κ2) is 5.41. The van der Waals surface area contributed by atoms with Crippen LogP contribution in [0.3, 0.4) is 0 Å². The van der Waals surface area contributed by atoms with Crippen molar-refractivity contribution in [3.63, 3.8) is 0 Å². The van der Waals surface area contributed by atoms with E-state index >= 15 is 0 Å². The molecule has 0 spiro atoms. The number of nitrogens with one attached hydrogen (secondary N) is 1. The first-order valence-corrected chi connectivity index (χ1v) is 7.83. The van der Waals surface area contributed by atoms with Crippen molar-refractivity contribution in [1.82, 2.24) is 8.68 Å². The molecular formula is C10H20N4O2S2. The molecule has 1 aromatic rings. The molecular weight excluding hydrogens is 272 g/mol. The van der Waals surface area contributed by atoms with Crippen molar-refractivity contribution in [2.24, 2.45) is 5.92 Å². The highest BCUT2D eigenvalue weighted by molar-refractivity contribution is 7.89. The number of aromatic nitrogens is 1. The molecule has 1 aromatic heterocycles. The highest BCUT2D eigenvalue weighted by Crippen LogP contribution is 2.33. The fourth-order valence-corrected chi connectivity index (χ4v) is 3.35. The zero-order valence-corrected chi connectivity index (χ0v) is 12.9. The van der Waals surface area contributed by atoms with Crippen LogP contribution >= 0.6 is 11.5 Å². The van der Waals surface area contributed by atoms with Crippen LogP contribution in [0.15, 0.2) is 4.90 Å². The zero-order valence-electron chi connectivity index (χ0n) is 11.3. The van der Waals surface area contributed by atoms with E-state index < -0.39 is 10.0 Å². The molecule has 0 fully saturated rings. The van der Waals surface area contributed by atoms with Crippen molar-refractivity contribution >= 4 is 32.4 Å². The first kappa shape index (κ1) is 15.2. The van der Waals surface area contributed by atoms with E-state index in [2.05, 4.69) is 23.5 Å². The fraction of sp³-hybridized carbons (Fsp3) is 0.700. The van der Waals surface area contributed by atoms with Gasteiger partial charge in [0.1, 0.15) is 5.00 Å². The number of nitrogens with zero attached hydrogens (tertiary/aromatic N) is 2. The van der Waals surface area contributed by atoms with Crippen molar-refractivity contribution in [2.75, 3.05) is 25.1 Å². The average Bonchev–Trinajstić information content (AvgIpc) is 2.59. The van der Waals surface area contributed by atoms with Crippen molar-refractivity contribution in [1.29, 1.82) is 0 Å². The van der Waals surface area contributed by atoms with Crippen molar-refractivity contribution in [2.45, 2.75) is 31.7 Å². The number of anilines is 2. The standard InChI is InChI=1S/C10H20N4O2S2/c1-6(2)7(3)12-10-8(9(11)13-17-10)18(15,16)14(4)5/h6-7,12H,1-5H3,(H2,11,13). The second-order valence-corrected chi connectivity index (χ2v) is 7.55. The van der Waals surface area contributed by atoms with Gasteiger partial charge in [-0.25, -0.2) is 12.7 Å². The van der Waals surface area contributed by atoms with Gasteiger partial charge in [0, 0.05) is 20.1 Å². The third-order valence-corrected chi connectivity index (χ3v) is 5.58. The van der Waals surface area contributed by atoms with Crippen LogP contribution < -0.4 is 11.1 Å². The third-order valence-electron chi connectivity index (χ3n) is 2.77. The molecule has 1 atom stereocenters. The Bertz CT molecular complexity index is 508. The third kappa shape index (κ3) is 2.93. The van der Waals surface area contributed by atoms with Crippen LogP contribution in [-0.4, -0.2) is 37.2 Å². The Balaban J connectivity index is 3.18. The summed E-state index contributed by atoms with van der Waals surface area (Å²) in [5.41, 5.74) is 5.67. The van der Waals surface area contributed by atoms with Gasteiger partial charge in [-0.3, -0.25) is 0 Å². The van der Waals surface area contributed by atoms with Crippen molar-refractivity contribution in [3.05, 3.63) is 0 Å². The molecule has 1 rings (SSSR count). The maximum Gasteiger partial charge on any atom is 0.249 e. The van der Waals surface area contributed by atoms with E-state index in [0.717, 1.165) is 15.8 Å². The second-order valence-electron chi connectivity index (χ2n) is 4.69. The largest absolute Gasteiger partial charge is 0.382 e. The molecule has 0 aromatic carbocycles. The summed E-state index contributed by atoms with van der Waals surface area (Å²) in [6.45, 7) is 6.11. The zero-order chi connectivity index (χ0) is 14.1. The maximum absolute atomic E-state index is 12.2. The van der Waals surface area contributed by atoms with Gasteiger partial charge in [-0.1, -0.05) is 13.8 Å². The van der Waals surface area contributed by atoms with Gasteiger partial charge in [0.15, 0.2) is 10.7 Å². The molecule has 0 bridgehead atoms. The average molecular weight is 292 g/mol. The van der Waals surface area contributed by atoms with Crippen LogP contribution in [0.1, 0.15) is 20.8 Å². The monoisotopic (exact) mass is 292 g/mol. The quantitative estimate of drug-likeness (QED) is 0.857. The van der Waals surface area contributed by atoms with Gasteiger partial charge in [-0.05, 0) is 24.4 Å². The summed E-state index contributed by atoms with van der Waals surface area (Å²) in [4.78, 5) is 0.0741. The van der Waals surface area contributed by atoms with E-state index in [0.29, 0.717) is 10.9 Å². The molecule has 18 heavy (non-hydrogen) atoms. The lowest BCUT2D eigenvalue weighted by Gasteiger charge is -2.19. The van der Waals surface area contributed by atoms with Crippen LogP contribution in [0.4, 0.5) is 10.8 Å². The van der Waals surface area contributed by atoms with Gasteiger partial charge in [-0.2, -0.15) is 4.37 Å². The van der Waals surface area contributed by atoms with Gasteiger partial charge in [0.05, 0.1) is 0 Å². The summed E-state index contributed by atoms with van der Waals surface area (Å²) in [7, 11) is -0.624.